The first-order chi connectivity index (χ1) is 17.3. The molecule has 5 heteroatoms. The molecule has 0 bridgehead atoms. The van der Waals surface area contributed by atoms with Crippen LogP contribution in [0.15, 0.2) is 140 Å². The Bertz CT molecular complexity index is 1330. The summed E-state index contributed by atoms with van der Waals surface area (Å²) in [7, 11) is 0. The Hall–Kier alpha value is -3.44. The summed E-state index contributed by atoms with van der Waals surface area (Å²) >= 11 is 2.50. The van der Waals surface area contributed by atoms with Crippen molar-refractivity contribution >= 4 is 73.4 Å². The molecule has 0 aliphatic heterocycles. The van der Waals surface area contributed by atoms with Crippen molar-refractivity contribution in [3.63, 3.8) is 0 Å². The van der Waals surface area contributed by atoms with Crippen molar-refractivity contribution in [2.75, 3.05) is 10.2 Å². The van der Waals surface area contributed by atoms with Gasteiger partial charge in [-0.1, -0.05) is 102 Å². The van der Waals surface area contributed by atoms with Crippen molar-refractivity contribution in [2.24, 2.45) is 0 Å². The monoisotopic (exact) mass is 562 g/mol. The van der Waals surface area contributed by atoms with Gasteiger partial charge in [0, 0.05) is 28.4 Å². The zero-order valence-corrected chi connectivity index (χ0v) is 21.5. The molecule has 35 heavy (non-hydrogen) atoms. The minimum Gasteiger partial charge on any atom is -0.356 e. The average molecular weight is 562 g/mol. The number of benzene rings is 5. The van der Waals surface area contributed by atoms with E-state index in [0.717, 1.165) is 33.5 Å². The highest BCUT2D eigenvalue weighted by Gasteiger charge is 2.21. The number of para-hydroxylation sites is 3. The molecule has 2 nitrogen and oxygen atoms in total. The highest BCUT2D eigenvalue weighted by Crippen LogP contribution is 2.35. The Morgan fingerprint density at radius 2 is 1.11 bits per heavy atom. The van der Waals surface area contributed by atoms with E-state index in [2.05, 4.69) is 172 Å². The second kappa shape index (κ2) is 11.3. The van der Waals surface area contributed by atoms with Gasteiger partial charge in [0.1, 0.15) is 0 Å². The first kappa shape index (κ1) is 23.3. The molecule has 1 N–H and O–H groups in total. The van der Waals surface area contributed by atoms with Crippen LogP contribution < -0.4 is 21.1 Å². The van der Waals surface area contributed by atoms with Crippen LogP contribution in [0.4, 0.5) is 28.4 Å². The smallest absolute Gasteiger partial charge is 0.191 e. The van der Waals surface area contributed by atoms with Crippen LogP contribution >= 0.6 is 22.4 Å². The lowest BCUT2D eigenvalue weighted by atomic mass is 9.26. The van der Waals surface area contributed by atoms with Crippen LogP contribution in [0, 0.1) is 0 Å². The van der Waals surface area contributed by atoms with E-state index in [0.29, 0.717) is 6.60 Å². The third kappa shape index (κ3) is 5.46. The van der Waals surface area contributed by atoms with E-state index in [9.17, 15) is 0 Å². The lowest BCUT2D eigenvalue weighted by Gasteiger charge is -2.26. The summed E-state index contributed by atoms with van der Waals surface area (Å²) in [6.45, 7) is 0.328. The van der Waals surface area contributed by atoms with Gasteiger partial charge in [-0.15, -0.1) is 0 Å². The largest absolute Gasteiger partial charge is 0.356 e. The first-order valence-corrected chi connectivity index (χ1v) is 13.3. The summed E-state index contributed by atoms with van der Waals surface area (Å²) in [5.41, 5.74) is 8.22. The van der Waals surface area contributed by atoms with E-state index in [-0.39, 0.29) is 0 Å². The summed E-state index contributed by atoms with van der Waals surface area (Å²) < 4.78 is 0. The number of rotatable bonds is 8. The van der Waals surface area contributed by atoms with Gasteiger partial charge < -0.3 is 10.2 Å². The fourth-order valence-corrected chi connectivity index (χ4v) is 5.41. The molecule has 5 aromatic rings. The molecule has 0 saturated heterocycles. The molecule has 0 radical (unpaired) electrons. The molecular weight excluding hydrogens is 537 g/mol. The van der Waals surface area contributed by atoms with Crippen LogP contribution in [0.1, 0.15) is 0 Å². The highest BCUT2D eigenvalue weighted by atomic mass is 127. The lowest BCUT2D eigenvalue weighted by molar-refractivity contribution is 1.28. The van der Waals surface area contributed by atoms with E-state index in [1.807, 2.05) is 0 Å². The predicted molar refractivity (Wildman–Crippen MR) is 163 cm³/mol. The van der Waals surface area contributed by atoms with Crippen molar-refractivity contribution in [3.8, 4) is 0 Å². The SMILES string of the molecule is IBB(c1ccccc1)c1ccccc1Nc1cccc(N(c2ccccc2)c2ccccc2)c1. The fourth-order valence-electron chi connectivity index (χ4n) is 4.43. The number of anilines is 5. The molecule has 5 aromatic carbocycles. The summed E-state index contributed by atoms with van der Waals surface area (Å²) in [4.78, 5) is 2.29. The summed E-state index contributed by atoms with van der Waals surface area (Å²) in [5, 5.41) is 4.74. The van der Waals surface area contributed by atoms with Crippen molar-refractivity contribution < 1.29 is 0 Å². The van der Waals surface area contributed by atoms with Gasteiger partial charge >= 0.3 is 0 Å². The molecule has 5 rings (SSSR count). The minimum atomic E-state index is 0.328. The summed E-state index contributed by atoms with van der Waals surface area (Å²) in [6, 6.07) is 49.1. The van der Waals surface area contributed by atoms with Gasteiger partial charge in [-0.05, 0) is 48.5 Å². The quantitative estimate of drug-likeness (QED) is 0.166. The van der Waals surface area contributed by atoms with Gasteiger partial charge in [-0.25, -0.2) is 0 Å². The van der Waals surface area contributed by atoms with Crippen molar-refractivity contribution in [1.82, 2.24) is 0 Å². The first-order valence-electron chi connectivity index (χ1n) is 11.8. The zero-order valence-electron chi connectivity index (χ0n) is 19.4. The maximum atomic E-state index is 3.73. The van der Waals surface area contributed by atoms with Crippen LogP contribution in [0.25, 0.3) is 0 Å². The molecule has 0 aliphatic carbocycles. The standard InChI is InChI=1S/C30H25B2IN2/c33-31-32(24-13-4-1-5-14-24)29-21-10-11-22-30(29)34-25-15-12-20-28(23-25)35(26-16-6-2-7-17-26)27-18-8-3-9-19-27/h1-23,31,34H. The Morgan fingerprint density at radius 1 is 0.571 bits per heavy atom. The molecular formula is C30H25B2IN2. The van der Waals surface area contributed by atoms with E-state index >= 15 is 0 Å². The zero-order chi connectivity index (χ0) is 23.9. The Labute approximate surface area is 222 Å². The van der Waals surface area contributed by atoms with Crippen LogP contribution in [0.2, 0.25) is 0 Å². The summed E-state index contributed by atoms with van der Waals surface area (Å²) in [6.07, 6.45) is 0. The van der Waals surface area contributed by atoms with Crippen LogP contribution in [0.3, 0.4) is 0 Å². The number of hydrogen-bond donors (Lipinski definition) is 1. The molecule has 0 aromatic heterocycles. The van der Waals surface area contributed by atoms with E-state index in [4.69, 9.17) is 0 Å². The van der Waals surface area contributed by atoms with Crippen LogP contribution in [-0.4, -0.2) is 11.6 Å². The van der Waals surface area contributed by atoms with Crippen molar-refractivity contribution in [1.29, 1.82) is 0 Å². The molecule has 0 spiro atoms. The Kier molecular flexibility index (Phi) is 7.54. The highest BCUT2D eigenvalue weighted by molar-refractivity contribution is 14.1. The number of nitrogens with one attached hydrogen (secondary N) is 1. The summed E-state index contributed by atoms with van der Waals surface area (Å²) in [5.74, 6) is 0. The fraction of sp³-hybridized carbons (Fsp3) is 0. The third-order valence-electron chi connectivity index (χ3n) is 6.10. The maximum Gasteiger partial charge on any atom is 0.191 e. The molecule has 0 heterocycles. The second-order valence-electron chi connectivity index (χ2n) is 8.39. The van der Waals surface area contributed by atoms with E-state index < -0.39 is 0 Å². The molecule has 0 fully saturated rings. The lowest BCUT2D eigenvalue weighted by Crippen LogP contribution is -2.46. The molecule has 0 amide bonds. The number of hydrogen-bond acceptors (Lipinski definition) is 2. The van der Waals surface area contributed by atoms with Crippen molar-refractivity contribution in [2.45, 2.75) is 0 Å². The normalized spacial score (nSPS) is 10.4. The van der Waals surface area contributed by atoms with Crippen LogP contribution in [-0.2, 0) is 0 Å². The van der Waals surface area contributed by atoms with Crippen molar-refractivity contribution in [3.05, 3.63) is 140 Å². The van der Waals surface area contributed by atoms with Gasteiger partial charge in [0.2, 0.25) is 0 Å². The molecule has 0 atom stereocenters. The maximum absolute atomic E-state index is 3.73. The van der Waals surface area contributed by atoms with Gasteiger partial charge in [-0.3, -0.25) is 0 Å². The van der Waals surface area contributed by atoms with Gasteiger partial charge in [0.05, 0.1) is 0 Å². The topological polar surface area (TPSA) is 15.3 Å². The van der Waals surface area contributed by atoms with E-state index in [1.54, 1.807) is 0 Å². The Morgan fingerprint density at radius 3 is 1.74 bits per heavy atom. The molecule has 0 unspecified atom stereocenters. The second-order valence-corrected chi connectivity index (χ2v) is 9.27. The molecule has 168 valence electrons. The minimum absolute atomic E-state index is 0.328. The molecule has 0 saturated carbocycles. The molecule has 0 aliphatic rings. The van der Waals surface area contributed by atoms with Crippen LogP contribution in [0.5, 0.6) is 0 Å². The number of nitrogens with zero attached hydrogens (tertiary/aromatic N) is 1. The van der Waals surface area contributed by atoms with Gasteiger partial charge in [0.15, 0.2) is 11.6 Å². The van der Waals surface area contributed by atoms with Gasteiger partial charge in [0.25, 0.3) is 0 Å². The third-order valence-corrected chi connectivity index (χ3v) is 6.99. The van der Waals surface area contributed by atoms with Gasteiger partial charge in [-0.2, -0.15) is 22.4 Å². The Balaban J connectivity index is 1.51. The number of halogens is 1. The predicted octanol–water partition coefficient (Wildman–Crippen LogP) is 6.79. The average Bonchev–Trinajstić information content (AvgIpc) is 2.92. The van der Waals surface area contributed by atoms with E-state index in [1.165, 1.54) is 10.9 Å².